The van der Waals surface area contributed by atoms with Gasteiger partial charge in [-0.3, -0.25) is 10.1 Å². The van der Waals surface area contributed by atoms with Crippen LogP contribution in [0, 0.1) is 10.1 Å². The first-order valence-electron chi connectivity index (χ1n) is 16.0. The third kappa shape index (κ3) is 10.8. The SMILES string of the molecule is COC(=O)C1=C(C(F)(F)F)NC(C)=C(C(=O)OCCCc2ccc(OCCNCC(O)COc3ccccc3)cc2)C1c1cccc([N+](=O)[O-])c1. The van der Waals surface area contributed by atoms with Crippen LogP contribution in [-0.4, -0.2) is 74.3 Å². The number of dihydropyridines is 1. The summed E-state index contributed by atoms with van der Waals surface area (Å²) in [5.74, 6) is -2.71. The fourth-order valence-corrected chi connectivity index (χ4v) is 5.35. The van der Waals surface area contributed by atoms with E-state index in [1.54, 1.807) is 12.1 Å². The number of rotatable bonds is 17. The van der Waals surface area contributed by atoms with E-state index < -0.39 is 52.0 Å². The molecule has 0 saturated heterocycles. The third-order valence-electron chi connectivity index (χ3n) is 7.77. The maximum absolute atomic E-state index is 14.1. The summed E-state index contributed by atoms with van der Waals surface area (Å²) in [6.07, 6.45) is -4.87. The molecule has 3 N–H and O–H groups in total. The van der Waals surface area contributed by atoms with Gasteiger partial charge in [0.1, 0.15) is 36.5 Å². The van der Waals surface area contributed by atoms with Gasteiger partial charge in [0.15, 0.2) is 0 Å². The molecular weight excluding hydrogens is 675 g/mol. The number of non-ortho nitro benzene ring substituents is 1. The van der Waals surface area contributed by atoms with Crippen molar-refractivity contribution in [1.29, 1.82) is 0 Å². The van der Waals surface area contributed by atoms with Crippen molar-refractivity contribution in [2.24, 2.45) is 0 Å². The number of benzene rings is 3. The standard InChI is InChI=1S/C36H38F3N3O9/c1-23-30(31(25-9-6-10-26(20-25)42(46)47)32(34(44)48-2)33(41-23)36(37,38)39)35(45)50-18-7-8-24-13-15-29(16-14-24)49-19-17-40-21-27(43)22-51-28-11-4-3-5-12-28/h3-6,9-16,20,27,31,40-41,43H,7-8,17-19,21-22H2,1-2H3. The molecule has 0 bridgehead atoms. The molecule has 4 rings (SSSR count). The number of aliphatic hydroxyl groups excluding tert-OH is 1. The lowest BCUT2D eigenvalue weighted by Crippen LogP contribution is -2.38. The number of nitro groups is 1. The zero-order valence-electron chi connectivity index (χ0n) is 27.9. The topological polar surface area (TPSA) is 158 Å². The molecule has 272 valence electrons. The van der Waals surface area contributed by atoms with Crippen molar-refractivity contribution >= 4 is 17.6 Å². The summed E-state index contributed by atoms with van der Waals surface area (Å²) in [7, 11) is 0.894. The number of nitrogens with zero attached hydrogens (tertiary/aromatic N) is 1. The molecule has 3 aromatic carbocycles. The summed E-state index contributed by atoms with van der Waals surface area (Å²) in [5, 5.41) is 26.7. The highest BCUT2D eigenvalue weighted by Gasteiger charge is 2.47. The average molecular weight is 714 g/mol. The lowest BCUT2D eigenvalue weighted by atomic mass is 9.80. The number of alkyl halides is 3. The molecular formula is C36H38F3N3O9. The molecule has 0 amide bonds. The molecule has 1 aliphatic rings. The van der Waals surface area contributed by atoms with E-state index in [-0.39, 0.29) is 30.0 Å². The summed E-state index contributed by atoms with van der Waals surface area (Å²) in [4.78, 5) is 36.9. The lowest BCUT2D eigenvalue weighted by molar-refractivity contribution is -0.384. The van der Waals surface area contributed by atoms with Gasteiger partial charge in [0, 0.05) is 30.9 Å². The zero-order chi connectivity index (χ0) is 37.0. The van der Waals surface area contributed by atoms with Crippen LogP contribution in [0.25, 0.3) is 0 Å². The highest BCUT2D eigenvalue weighted by molar-refractivity contribution is 6.00. The van der Waals surface area contributed by atoms with Crippen LogP contribution >= 0.6 is 0 Å². The Hall–Kier alpha value is -5.41. The molecule has 51 heavy (non-hydrogen) atoms. The molecule has 0 spiro atoms. The number of para-hydroxylation sites is 1. The van der Waals surface area contributed by atoms with E-state index in [4.69, 9.17) is 14.2 Å². The molecule has 0 saturated carbocycles. The first-order valence-corrected chi connectivity index (χ1v) is 16.0. The van der Waals surface area contributed by atoms with E-state index in [1.165, 1.54) is 19.1 Å². The fourth-order valence-electron chi connectivity index (χ4n) is 5.35. The predicted octanol–water partition coefficient (Wildman–Crippen LogP) is 5.13. The number of halogens is 3. The Labute approximate surface area is 292 Å². The molecule has 1 heterocycles. The Morgan fingerprint density at radius 2 is 1.67 bits per heavy atom. The molecule has 3 aromatic rings. The first kappa shape index (κ1) is 38.4. The summed E-state index contributed by atoms with van der Waals surface area (Å²) in [6, 6.07) is 21.2. The van der Waals surface area contributed by atoms with Gasteiger partial charge in [-0.1, -0.05) is 42.5 Å². The largest absolute Gasteiger partial charge is 0.492 e. The Morgan fingerprint density at radius 3 is 2.33 bits per heavy atom. The number of nitro benzene ring substituents is 1. The molecule has 12 nitrogen and oxygen atoms in total. The normalized spacial score (nSPS) is 15.1. The second kappa shape index (κ2) is 18.0. The van der Waals surface area contributed by atoms with E-state index in [9.17, 15) is 38.0 Å². The lowest BCUT2D eigenvalue weighted by Gasteiger charge is -2.31. The number of methoxy groups -OCH3 is 1. The number of esters is 2. The van der Waals surface area contributed by atoms with Gasteiger partial charge in [0.25, 0.3) is 5.69 Å². The molecule has 15 heteroatoms. The van der Waals surface area contributed by atoms with Gasteiger partial charge in [-0.2, -0.15) is 13.2 Å². The van der Waals surface area contributed by atoms with Crippen LogP contribution in [-0.2, 0) is 25.5 Å². The van der Waals surface area contributed by atoms with Gasteiger partial charge in [0.05, 0.1) is 35.7 Å². The molecule has 0 radical (unpaired) electrons. The number of carbonyl (C=O) groups excluding carboxylic acids is 2. The van der Waals surface area contributed by atoms with Crippen molar-refractivity contribution in [3.8, 4) is 11.5 Å². The molecule has 0 fully saturated rings. The Bertz CT molecular complexity index is 1730. The van der Waals surface area contributed by atoms with Gasteiger partial charge in [-0.25, -0.2) is 9.59 Å². The van der Waals surface area contributed by atoms with Crippen molar-refractivity contribution in [2.75, 3.05) is 40.0 Å². The summed E-state index contributed by atoms with van der Waals surface area (Å²) in [5.41, 5.74) is -2.52. The fraction of sp³-hybridized carbons (Fsp3) is 0.333. The third-order valence-corrected chi connectivity index (χ3v) is 7.77. The predicted molar refractivity (Wildman–Crippen MR) is 179 cm³/mol. The summed E-state index contributed by atoms with van der Waals surface area (Å²) >= 11 is 0. The van der Waals surface area contributed by atoms with Crippen LogP contribution in [0.1, 0.15) is 30.4 Å². The van der Waals surface area contributed by atoms with E-state index in [1.807, 2.05) is 42.5 Å². The van der Waals surface area contributed by atoms with Gasteiger partial charge in [-0.05, 0) is 55.2 Å². The van der Waals surface area contributed by atoms with Crippen LogP contribution < -0.4 is 20.1 Å². The van der Waals surface area contributed by atoms with Crippen molar-refractivity contribution in [1.82, 2.24) is 10.6 Å². The van der Waals surface area contributed by atoms with E-state index in [0.717, 1.165) is 24.8 Å². The smallest absolute Gasteiger partial charge is 0.431 e. The number of nitrogens with one attached hydrogen (secondary N) is 2. The summed E-state index contributed by atoms with van der Waals surface area (Å²) in [6.45, 7) is 2.47. The number of ether oxygens (including phenoxy) is 4. The van der Waals surface area contributed by atoms with Crippen molar-refractivity contribution < 1.29 is 51.7 Å². The zero-order valence-corrected chi connectivity index (χ0v) is 27.9. The van der Waals surface area contributed by atoms with Crippen molar-refractivity contribution in [3.05, 3.63) is 123 Å². The molecule has 1 aliphatic heterocycles. The Kier molecular flexibility index (Phi) is 13.6. The van der Waals surface area contributed by atoms with E-state index in [2.05, 4.69) is 15.4 Å². The molecule has 2 atom stereocenters. The van der Waals surface area contributed by atoms with Crippen LogP contribution in [0.2, 0.25) is 0 Å². The molecule has 0 aromatic heterocycles. The number of hydrogen-bond donors (Lipinski definition) is 3. The number of aryl methyl sites for hydroxylation is 1. The van der Waals surface area contributed by atoms with E-state index >= 15 is 0 Å². The van der Waals surface area contributed by atoms with E-state index in [0.29, 0.717) is 44.0 Å². The maximum Gasteiger partial charge on any atom is 0.431 e. The minimum absolute atomic E-state index is 0.0942. The van der Waals surface area contributed by atoms with Gasteiger partial charge < -0.3 is 34.7 Å². The van der Waals surface area contributed by atoms with Crippen LogP contribution in [0.5, 0.6) is 11.5 Å². The monoisotopic (exact) mass is 713 g/mol. The first-order chi connectivity index (χ1) is 24.4. The van der Waals surface area contributed by atoms with Gasteiger partial charge >= 0.3 is 18.1 Å². The average Bonchev–Trinajstić information content (AvgIpc) is 3.12. The van der Waals surface area contributed by atoms with Crippen molar-refractivity contribution in [3.63, 3.8) is 0 Å². The summed E-state index contributed by atoms with van der Waals surface area (Å²) < 4.78 is 63.7. The number of allylic oxidation sites excluding steroid dienone is 2. The molecule has 0 aliphatic carbocycles. The van der Waals surface area contributed by atoms with Crippen molar-refractivity contribution in [2.45, 2.75) is 38.0 Å². The Morgan fingerprint density at radius 1 is 0.961 bits per heavy atom. The van der Waals surface area contributed by atoms with Crippen LogP contribution in [0.15, 0.2) is 101 Å². The highest BCUT2D eigenvalue weighted by Crippen LogP contribution is 2.44. The van der Waals surface area contributed by atoms with Gasteiger partial charge in [-0.15, -0.1) is 0 Å². The van der Waals surface area contributed by atoms with Crippen LogP contribution in [0.4, 0.5) is 18.9 Å². The highest BCUT2D eigenvalue weighted by atomic mass is 19.4. The second-order valence-corrected chi connectivity index (χ2v) is 11.4. The number of carbonyl (C=O) groups is 2. The minimum Gasteiger partial charge on any atom is -0.492 e. The quantitative estimate of drug-likeness (QED) is 0.0737. The molecule has 2 unspecified atom stereocenters. The maximum atomic E-state index is 14.1. The number of hydrogen-bond acceptors (Lipinski definition) is 11. The number of aliphatic hydroxyl groups is 1. The second-order valence-electron chi connectivity index (χ2n) is 11.4. The van der Waals surface area contributed by atoms with Crippen LogP contribution in [0.3, 0.4) is 0 Å². The minimum atomic E-state index is -5.04. The van der Waals surface area contributed by atoms with Gasteiger partial charge in [0.2, 0.25) is 0 Å². The Balaban J connectivity index is 1.30.